The third-order valence-electron chi connectivity index (χ3n) is 4.23. The van der Waals surface area contributed by atoms with Crippen molar-refractivity contribution in [3.63, 3.8) is 0 Å². The molecule has 0 spiro atoms. The second-order valence-corrected chi connectivity index (χ2v) is 7.12. The Morgan fingerprint density at radius 1 is 1.15 bits per heavy atom. The monoisotopic (exact) mass is 364 g/mol. The Bertz CT molecular complexity index is 1210. The van der Waals surface area contributed by atoms with Crippen LogP contribution in [0.2, 0.25) is 0 Å². The Hall–Kier alpha value is -3.06. The number of hydrogen-bond acceptors (Lipinski definition) is 5. The minimum absolute atomic E-state index is 0.0730. The number of rotatable bonds is 3. The van der Waals surface area contributed by atoms with Gasteiger partial charge in [-0.2, -0.15) is 5.10 Å². The Labute approximate surface area is 153 Å². The molecule has 2 aromatic carbocycles. The average Bonchev–Trinajstić information content (AvgIpc) is 3.03. The summed E-state index contributed by atoms with van der Waals surface area (Å²) in [6.07, 6.45) is 0.0730. The number of amides is 1. The van der Waals surface area contributed by atoms with E-state index in [1.165, 1.54) is 16.0 Å². The molecule has 0 unspecified atom stereocenters. The van der Waals surface area contributed by atoms with E-state index in [1.54, 1.807) is 19.2 Å². The zero-order valence-corrected chi connectivity index (χ0v) is 15.1. The maximum absolute atomic E-state index is 12.5. The van der Waals surface area contributed by atoms with Gasteiger partial charge >= 0.3 is 0 Å². The van der Waals surface area contributed by atoms with Crippen LogP contribution in [0.15, 0.2) is 47.3 Å². The van der Waals surface area contributed by atoms with Gasteiger partial charge in [0.15, 0.2) is 5.13 Å². The molecule has 7 heteroatoms. The number of thiazole rings is 1. The molecule has 0 saturated heterocycles. The highest BCUT2D eigenvalue weighted by Gasteiger charge is 2.14. The molecule has 4 aromatic rings. The van der Waals surface area contributed by atoms with Crippen LogP contribution in [0, 0.1) is 6.92 Å². The summed E-state index contributed by atoms with van der Waals surface area (Å²) < 4.78 is 2.30. The summed E-state index contributed by atoms with van der Waals surface area (Å²) in [6, 6.07) is 13.1. The third kappa shape index (κ3) is 2.86. The van der Waals surface area contributed by atoms with E-state index >= 15 is 0 Å². The number of fused-ring (bicyclic) bond motifs is 2. The number of para-hydroxylation sites is 1. The lowest BCUT2D eigenvalue weighted by molar-refractivity contribution is -0.115. The molecule has 0 fully saturated rings. The molecule has 1 amide bonds. The Morgan fingerprint density at radius 3 is 2.69 bits per heavy atom. The molecule has 1 N–H and O–H groups in total. The number of aromatic nitrogens is 3. The first-order valence-electron chi connectivity index (χ1n) is 8.14. The van der Waals surface area contributed by atoms with Gasteiger partial charge in [0.1, 0.15) is 0 Å². The molecule has 2 heterocycles. The van der Waals surface area contributed by atoms with Crippen molar-refractivity contribution < 1.29 is 4.79 Å². The van der Waals surface area contributed by atoms with Crippen LogP contribution in [0.1, 0.15) is 11.3 Å². The predicted octanol–water partition coefficient (Wildman–Crippen LogP) is 3.03. The van der Waals surface area contributed by atoms with Crippen LogP contribution < -0.4 is 10.9 Å². The molecule has 0 aliphatic carbocycles. The normalized spacial score (nSPS) is 11.2. The van der Waals surface area contributed by atoms with Gasteiger partial charge < -0.3 is 5.32 Å². The maximum atomic E-state index is 12.5. The molecule has 130 valence electrons. The lowest BCUT2D eigenvalue weighted by Crippen LogP contribution is -2.24. The fourth-order valence-corrected chi connectivity index (χ4v) is 3.92. The molecular formula is C19H16N4O2S. The topological polar surface area (TPSA) is 76.9 Å². The van der Waals surface area contributed by atoms with E-state index in [0.29, 0.717) is 21.6 Å². The number of nitrogens with one attached hydrogen (secondary N) is 1. The lowest BCUT2D eigenvalue weighted by atomic mass is 10.1. The first-order valence-corrected chi connectivity index (χ1v) is 8.95. The molecule has 0 bridgehead atoms. The molecule has 6 nitrogen and oxygen atoms in total. The van der Waals surface area contributed by atoms with Gasteiger partial charge in [-0.25, -0.2) is 9.67 Å². The van der Waals surface area contributed by atoms with Crippen molar-refractivity contribution in [2.45, 2.75) is 13.3 Å². The predicted molar refractivity (Wildman–Crippen MR) is 104 cm³/mol. The summed E-state index contributed by atoms with van der Waals surface area (Å²) in [5.74, 6) is -0.210. The van der Waals surface area contributed by atoms with Gasteiger partial charge in [0.05, 0.1) is 27.7 Å². The zero-order valence-electron chi connectivity index (χ0n) is 14.3. The van der Waals surface area contributed by atoms with E-state index in [9.17, 15) is 9.59 Å². The molecule has 0 radical (unpaired) electrons. The van der Waals surface area contributed by atoms with Crippen LogP contribution in [0.3, 0.4) is 0 Å². The van der Waals surface area contributed by atoms with Gasteiger partial charge in [-0.3, -0.25) is 9.59 Å². The first-order chi connectivity index (χ1) is 12.5. The number of aryl methyl sites for hydroxylation is 2. The van der Waals surface area contributed by atoms with Crippen molar-refractivity contribution in [3.05, 3.63) is 64.1 Å². The smallest absolute Gasteiger partial charge is 0.274 e. The number of benzene rings is 2. The van der Waals surface area contributed by atoms with Crippen LogP contribution in [0.25, 0.3) is 21.0 Å². The summed E-state index contributed by atoms with van der Waals surface area (Å²) >= 11 is 1.44. The SMILES string of the molecule is Cc1cccc2sc(NC(=O)Cc3nn(C)c(=O)c4ccccc34)nc12. The summed E-state index contributed by atoms with van der Waals surface area (Å²) in [5.41, 5.74) is 2.37. The van der Waals surface area contributed by atoms with Crippen molar-refractivity contribution in [3.8, 4) is 0 Å². The van der Waals surface area contributed by atoms with Gasteiger partial charge in [0.2, 0.25) is 5.91 Å². The van der Waals surface area contributed by atoms with E-state index in [4.69, 9.17) is 0 Å². The number of carbonyl (C=O) groups is 1. The molecule has 0 aliphatic heterocycles. The van der Waals surface area contributed by atoms with E-state index < -0.39 is 0 Å². The van der Waals surface area contributed by atoms with Gasteiger partial charge in [-0.1, -0.05) is 41.7 Å². The van der Waals surface area contributed by atoms with Crippen LogP contribution in [0.5, 0.6) is 0 Å². The first kappa shape index (κ1) is 16.4. The summed E-state index contributed by atoms with van der Waals surface area (Å²) in [5, 5.41) is 8.93. The highest BCUT2D eigenvalue weighted by atomic mass is 32.1. The van der Waals surface area contributed by atoms with Crippen molar-refractivity contribution >= 4 is 43.4 Å². The summed E-state index contributed by atoms with van der Waals surface area (Å²) in [4.78, 5) is 29.2. The molecule has 0 atom stereocenters. The Morgan fingerprint density at radius 2 is 1.92 bits per heavy atom. The summed E-state index contributed by atoms with van der Waals surface area (Å²) in [6.45, 7) is 1.99. The third-order valence-corrected chi connectivity index (χ3v) is 5.16. The van der Waals surface area contributed by atoms with E-state index in [2.05, 4.69) is 15.4 Å². The zero-order chi connectivity index (χ0) is 18.3. The fraction of sp³-hybridized carbons (Fsp3) is 0.158. The number of anilines is 1. The van der Waals surface area contributed by atoms with Gasteiger partial charge in [0.25, 0.3) is 5.56 Å². The minimum atomic E-state index is -0.210. The standard InChI is InChI=1S/C19H16N4O2S/c1-11-6-5-9-15-17(11)21-19(26-15)20-16(24)10-14-12-7-3-4-8-13(12)18(25)23(2)22-14/h3-9H,10H2,1-2H3,(H,20,21,24). The van der Waals surface area contributed by atoms with Gasteiger partial charge in [-0.15, -0.1) is 0 Å². The lowest BCUT2D eigenvalue weighted by Gasteiger charge is -2.07. The highest BCUT2D eigenvalue weighted by molar-refractivity contribution is 7.22. The summed E-state index contributed by atoms with van der Waals surface area (Å²) in [7, 11) is 1.59. The maximum Gasteiger partial charge on any atom is 0.274 e. The number of hydrogen-bond donors (Lipinski definition) is 1. The van der Waals surface area contributed by atoms with Crippen LogP contribution >= 0.6 is 11.3 Å². The molecule has 4 rings (SSSR count). The van der Waals surface area contributed by atoms with E-state index in [-0.39, 0.29) is 17.9 Å². The molecule has 0 aliphatic rings. The van der Waals surface area contributed by atoms with Crippen LogP contribution in [0.4, 0.5) is 5.13 Å². The second kappa shape index (κ2) is 6.34. The van der Waals surface area contributed by atoms with Crippen molar-refractivity contribution in [2.24, 2.45) is 7.05 Å². The van der Waals surface area contributed by atoms with Crippen molar-refractivity contribution in [1.29, 1.82) is 0 Å². The molecular weight excluding hydrogens is 348 g/mol. The number of nitrogens with zero attached hydrogens (tertiary/aromatic N) is 3. The molecule has 0 saturated carbocycles. The quantitative estimate of drug-likeness (QED) is 0.606. The van der Waals surface area contributed by atoms with Crippen molar-refractivity contribution in [2.75, 3.05) is 5.32 Å². The Kier molecular flexibility index (Phi) is 4.00. The average molecular weight is 364 g/mol. The van der Waals surface area contributed by atoms with Gasteiger partial charge in [0, 0.05) is 12.4 Å². The van der Waals surface area contributed by atoms with Gasteiger partial charge in [-0.05, 0) is 24.6 Å². The molecule has 26 heavy (non-hydrogen) atoms. The van der Waals surface area contributed by atoms with Crippen LogP contribution in [-0.2, 0) is 18.3 Å². The van der Waals surface area contributed by atoms with E-state index in [1.807, 2.05) is 37.3 Å². The fourth-order valence-electron chi connectivity index (χ4n) is 2.96. The van der Waals surface area contributed by atoms with E-state index in [0.717, 1.165) is 15.8 Å². The van der Waals surface area contributed by atoms with Crippen LogP contribution in [-0.4, -0.2) is 20.7 Å². The van der Waals surface area contributed by atoms with Crippen molar-refractivity contribution in [1.82, 2.24) is 14.8 Å². The largest absolute Gasteiger partial charge is 0.302 e. The Balaban J connectivity index is 1.64. The highest BCUT2D eigenvalue weighted by Crippen LogP contribution is 2.28. The second-order valence-electron chi connectivity index (χ2n) is 6.09. The number of carbonyl (C=O) groups excluding carboxylic acids is 1. The minimum Gasteiger partial charge on any atom is -0.302 e. The molecule has 2 aromatic heterocycles.